The van der Waals surface area contributed by atoms with Crippen molar-refractivity contribution >= 4 is 28.9 Å². The lowest BCUT2D eigenvalue weighted by Gasteiger charge is -2.25. The SMILES string of the molecule is COCCN1C(=S)N[C@H](c2ccccn2)[C@@H]1c1ccc(-c2ccc(Cl)cc2)o1. The molecule has 5 nitrogen and oxygen atoms in total. The second-order valence-electron chi connectivity index (χ2n) is 6.52. The maximum absolute atomic E-state index is 6.25. The van der Waals surface area contributed by atoms with Gasteiger partial charge in [-0.05, 0) is 60.7 Å². The minimum atomic E-state index is -0.112. The fraction of sp³-hybridized carbons (Fsp3) is 0.238. The van der Waals surface area contributed by atoms with Gasteiger partial charge in [0.05, 0.1) is 18.3 Å². The molecule has 0 radical (unpaired) electrons. The summed E-state index contributed by atoms with van der Waals surface area (Å²) in [5.41, 5.74) is 1.89. The van der Waals surface area contributed by atoms with Crippen molar-refractivity contribution in [3.63, 3.8) is 0 Å². The molecule has 28 heavy (non-hydrogen) atoms. The number of hydrogen-bond acceptors (Lipinski definition) is 4. The Morgan fingerprint density at radius 2 is 2.00 bits per heavy atom. The summed E-state index contributed by atoms with van der Waals surface area (Å²) in [4.78, 5) is 6.62. The van der Waals surface area contributed by atoms with E-state index < -0.39 is 0 Å². The third kappa shape index (κ3) is 3.76. The predicted octanol–water partition coefficient (Wildman–Crippen LogP) is 4.61. The van der Waals surface area contributed by atoms with Gasteiger partial charge in [-0.2, -0.15) is 0 Å². The average Bonchev–Trinajstić information content (AvgIpc) is 3.32. The highest BCUT2D eigenvalue weighted by Gasteiger charge is 2.41. The third-order valence-electron chi connectivity index (χ3n) is 4.78. The molecule has 1 fully saturated rings. The van der Waals surface area contributed by atoms with Crippen LogP contribution in [0.2, 0.25) is 5.02 Å². The fourth-order valence-corrected chi connectivity index (χ4v) is 3.88. The molecule has 0 spiro atoms. The molecule has 1 saturated heterocycles. The maximum Gasteiger partial charge on any atom is 0.170 e. The number of nitrogens with zero attached hydrogens (tertiary/aromatic N) is 2. The molecule has 3 heterocycles. The summed E-state index contributed by atoms with van der Waals surface area (Å²) < 4.78 is 11.5. The van der Waals surface area contributed by atoms with Crippen molar-refractivity contribution < 1.29 is 9.15 Å². The second-order valence-corrected chi connectivity index (χ2v) is 7.34. The fourth-order valence-electron chi connectivity index (χ4n) is 3.43. The van der Waals surface area contributed by atoms with Crippen LogP contribution < -0.4 is 5.32 Å². The van der Waals surface area contributed by atoms with Crippen LogP contribution in [0.3, 0.4) is 0 Å². The number of ether oxygens (including phenoxy) is 1. The molecule has 0 unspecified atom stereocenters. The summed E-state index contributed by atoms with van der Waals surface area (Å²) in [5.74, 6) is 1.61. The summed E-state index contributed by atoms with van der Waals surface area (Å²) >= 11 is 11.6. The standard InChI is InChI=1S/C21H20ClN3O2S/c1-26-13-12-25-20(19(24-21(25)28)16-4-2-3-11-23-16)18-10-9-17(27-18)14-5-7-15(22)8-6-14/h2-11,19-20H,12-13H2,1H3,(H,24,28)/t19-,20+/m1/s1. The topological polar surface area (TPSA) is 50.5 Å². The zero-order valence-corrected chi connectivity index (χ0v) is 16.9. The monoisotopic (exact) mass is 413 g/mol. The second kappa shape index (κ2) is 8.31. The molecule has 1 aromatic carbocycles. The van der Waals surface area contributed by atoms with Gasteiger partial charge in [0, 0.05) is 30.4 Å². The molecule has 2 atom stereocenters. The summed E-state index contributed by atoms with van der Waals surface area (Å²) in [6.07, 6.45) is 1.79. The lowest BCUT2D eigenvalue weighted by atomic mass is 10.0. The van der Waals surface area contributed by atoms with Gasteiger partial charge in [0.15, 0.2) is 5.11 Å². The van der Waals surface area contributed by atoms with E-state index in [-0.39, 0.29) is 12.1 Å². The first-order valence-electron chi connectivity index (χ1n) is 9.00. The summed E-state index contributed by atoms with van der Waals surface area (Å²) in [7, 11) is 1.68. The minimum Gasteiger partial charge on any atom is -0.459 e. The summed E-state index contributed by atoms with van der Waals surface area (Å²) in [6.45, 7) is 1.23. The van der Waals surface area contributed by atoms with E-state index in [4.69, 9.17) is 33.0 Å². The average molecular weight is 414 g/mol. The van der Waals surface area contributed by atoms with E-state index in [1.165, 1.54) is 0 Å². The molecule has 144 valence electrons. The van der Waals surface area contributed by atoms with E-state index >= 15 is 0 Å². The van der Waals surface area contributed by atoms with E-state index in [0.29, 0.717) is 23.3 Å². The quantitative estimate of drug-likeness (QED) is 0.595. The summed E-state index contributed by atoms with van der Waals surface area (Å²) in [6, 6.07) is 17.2. The lowest BCUT2D eigenvalue weighted by molar-refractivity contribution is 0.158. The number of aromatic nitrogens is 1. The van der Waals surface area contributed by atoms with Gasteiger partial charge in [-0.1, -0.05) is 17.7 Å². The van der Waals surface area contributed by atoms with Crippen LogP contribution in [-0.2, 0) is 4.74 Å². The number of furan rings is 1. The Hall–Kier alpha value is -2.41. The highest BCUT2D eigenvalue weighted by atomic mass is 35.5. The highest BCUT2D eigenvalue weighted by Crippen LogP contribution is 2.40. The number of methoxy groups -OCH3 is 1. The molecule has 0 aliphatic carbocycles. The summed E-state index contributed by atoms with van der Waals surface area (Å²) in [5, 5.41) is 4.76. The van der Waals surface area contributed by atoms with Gasteiger partial charge in [0.1, 0.15) is 17.6 Å². The van der Waals surface area contributed by atoms with E-state index in [1.54, 1.807) is 13.3 Å². The molecule has 0 bridgehead atoms. The van der Waals surface area contributed by atoms with Gasteiger partial charge in [-0.25, -0.2) is 0 Å². The van der Waals surface area contributed by atoms with Crippen LogP contribution in [0.25, 0.3) is 11.3 Å². The van der Waals surface area contributed by atoms with Crippen molar-refractivity contribution in [3.8, 4) is 11.3 Å². The van der Waals surface area contributed by atoms with E-state index in [9.17, 15) is 0 Å². The van der Waals surface area contributed by atoms with Gasteiger partial charge in [-0.15, -0.1) is 0 Å². The van der Waals surface area contributed by atoms with Crippen molar-refractivity contribution in [1.82, 2.24) is 15.2 Å². The van der Waals surface area contributed by atoms with Gasteiger partial charge >= 0.3 is 0 Å². The first-order chi connectivity index (χ1) is 13.7. The number of hydrogen-bond donors (Lipinski definition) is 1. The zero-order valence-electron chi connectivity index (χ0n) is 15.3. The third-order valence-corrected chi connectivity index (χ3v) is 5.39. The van der Waals surface area contributed by atoms with Crippen molar-refractivity contribution in [2.45, 2.75) is 12.1 Å². The Balaban J connectivity index is 1.70. The van der Waals surface area contributed by atoms with Crippen LogP contribution in [0.4, 0.5) is 0 Å². The number of pyridine rings is 1. The Morgan fingerprint density at radius 1 is 1.18 bits per heavy atom. The van der Waals surface area contributed by atoms with Crippen LogP contribution in [0.1, 0.15) is 23.5 Å². The van der Waals surface area contributed by atoms with Crippen molar-refractivity contribution in [2.75, 3.05) is 20.3 Å². The van der Waals surface area contributed by atoms with Crippen molar-refractivity contribution in [1.29, 1.82) is 0 Å². The molecule has 4 rings (SSSR count). The molecule has 3 aromatic rings. The van der Waals surface area contributed by atoms with E-state index in [2.05, 4.69) is 15.2 Å². The maximum atomic E-state index is 6.25. The number of thiocarbonyl (C=S) groups is 1. The Labute approximate surface area is 174 Å². The van der Waals surface area contributed by atoms with E-state index in [0.717, 1.165) is 22.8 Å². The van der Waals surface area contributed by atoms with Gasteiger partial charge in [0.25, 0.3) is 0 Å². The first-order valence-corrected chi connectivity index (χ1v) is 9.78. The molecular formula is C21H20ClN3O2S. The first kappa shape index (κ1) is 18.9. The molecule has 1 N–H and O–H groups in total. The van der Waals surface area contributed by atoms with Crippen LogP contribution in [0.5, 0.6) is 0 Å². The van der Waals surface area contributed by atoms with Crippen LogP contribution in [-0.4, -0.2) is 35.3 Å². The number of halogens is 1. The molecule has 1 aliphatic rings. The lowest BCUT2D eigenvalue weighted by Crippen LogP contribution is -2.32. The molecule has 2 aromatic heterocycles. The Morgan fingerprint density at radius 3 is 2.71 bits per heavy atom. The van der Waals surface area contributed by atoms with Crippen LogP contribution in [0.15, 0.2) is 65.2 Å². The van der Waals surface area contributed by atoms with Crippen LogP contribution >= 0.6 is 23.8 Å². The van der Waals surface area contributed by atoms with Crippen molar-refractivity contribution in [2.24, 2.45) is 0 Å². The molecule has 1 aliphatic heterocycles. The van der Waals surface area contributed by atoms with Crippen LogP contribution in [0, 0.1) is 0 Å². The largest absolute Gasteiger partial charge is 0.459 e. The minimum absolute atomic E-state index is 0.102. The highest BCUT2D eigenvalue weighted by molar-refractivity contribution is 7.80. The molecule has 0 amide bonds. The Bertz CT molecular complexity index is 946. The smallest absolute Gasteiger partial charge is 0.170 e. The van der Waals surface area contributed by atoms with E-state index in [1.807, 2.05) is 54.6 Å². The molecule has 0 saturated carbocycles. The van der Waals surface area contributed by atoms with Gasteiger partial charge < -0.3 is 19.4 Å². The van der Waals surface area contributed by atoms with Crippen molar-refractivity contribution in [3.05, 3.63) is 77.3 Å². The van der Waals surface area contributed by atoms with Gasteiger partial charge in [-0.3, -0.25) is 4.98 Å². The zero-order chi connectivity index (χ0) is 19.5. The molecular weight excluding hydrogens is 394 g/mol. The number of benzene rings is 1. The Kier molecular flexibility index (Phi) is 5.62. The number of rotatable bonds is 6. The normalized spacial score (nSPS) is 19.1. The molecule has 7 heteroatoms. The predicted molar refractivity (Wildman–Crippen MR) is 113 cm³/mol. The van der Waals surface area contributed by atoms with Gasteiger partial charge in [0.2, 0.25) is 0 Å². The number of nitrogens with one attached hydrogen (secondary N) is 1.